The number of sulfonamides is 1. The average molecular weight is 564 g/mol. The van der Waals surface area contributed by atoms with Gasteiger partial charge in [-0.15, -0.1) is 0 Å². The van der Waals surface area contributed by atoms with Crippen LogP contribution >= 0.6 is 0 Å². The summed E-state index contributed by atoms with van der Waals surface area (Å²) in [5.41, 5.74) is 4.16. The predicted octanol–water partition coefficient (Wildman–Crippen LogP) is 5.53. The van der Waals surface area contributed by atoms with Crippen molar-refractivity contribution in [3.63, 3.8) is 0 Å². The van der Waals surface area contributed by atoms with Crippen LogP contribution in [0.5, 0.6) is 0 Å². The molecule has 0 bridgehead atoms. The lowest BCUT2D eigenvalue weighted by Crippen LogP contribution is -2.53. The lowest BCUT2D eigenvalue weighted by atomic mass is 10.1. The van der Waals surface area contributed by atoms with Gasteiger partial charge in [-0.05, 0) is 75.9 Å². The molecule has 3 aromatic carbocycles. The van der Waals surface area contributed by atoms with Gasteiger partial charge in [0.2, 0.25) is 11.8 Å². The molecule has 8 heteroatoms. The topological polar surface area (TPSA) is 86.8 Å². The predicted molar refractivity (Wildman–Crippen MR) is 161 cm³/mol. The molecule has 2 amide bonds. The van der Waals surface area contributed by atoms with E-state index in [1.54, 1.807) is 36.4 Å². The summed E-state index contributed by atoms with van der Waals surface area (Å²) in [5.74, 6) is -0.701. The smallest absolute Gasteiger partial charge is 0.264 e. The molecule has 0 saturated carbocycles. The number of hydrogen-bond acceptors (Lipinski definition) is 4. The van der Waals surface area contributed by atoms with Gasteiger partial charge in [0.25, 0.3) is 10.0 Å². The van der Waals surface area contributed by atoms with E-state index < -0.39 is 28.5 Å². The lowest BCUT2D eigenvalue weighted by molar-refractivity contribution is -0.140. The van der Waals surface area contributed by atoms with E-state index in [0.29, 0.717) is 12.1 Å². The SMILES string of the molecule is CC[C@@H](C)NC(=O)[C@@H](CC)N(Cc1ccccc1C)C(=O)CN(c1ccc(C)cc1)S(=O)(=O)c1ccc(C)cc1. The fourth-order valence-corrected chi connectivity index (χ4v) is 5.82. The number of anilines is 1. The number of amides is 2. The van der Waals surface area contributed by atoms with E-state index in [0.717, 1.165) is 33.0 Å². The zero-order chi connectivity index (χ0) is 29.4. The van der Waals surface area contributed by atoms with Crippen LogP contribution in [-0.4, -0.2) is 43.8 Å². The Kier molecular flexibility index (Phi) is 10.5. The second kappa shape index (κ2) is 13.6. The molecule has 1 N–H and O–H groups in total. The number of nitrogens with zero attached hydrogens (tertiary/aromatic N) is 2. The molecule has 0 aliphatic carbocycles. The standard InChI is InChI=1S/C32H41N3O4S/c1-7-26(6)33-32(37)30(8-2)34(21-27-12-10-9-11-25(27)5)31(36)22-35(28-17-13-23(3)14-18-28)40(38,39)29-19-15-24(4)16-20-29/h9-20,26,30H,7-8,21-22H2,1-6H3,(H,33,37)/t26-,30-/m1/s1. The van der Waals surface area contributed by atoms with Gasteiger partial charge >= 0.3 is 0 Å². The van der Waals surface area contributed by atoms with E-state index in [1.165, 1.54) is 4.90 Å². The molecule has 0 aromatic heterocycles. The molecule has 214 valence electrons. The van der Waals surface area contributed by atoms with E-state index in [9.17, 15) is 18.0 Å². The van der Waals surface area contributed by atoms with Gasteiger partial charge in [-0.2, -0.15) is 0 Å². The van der Waals surface area contributed by atoms with Crippen molar-refractivity contribution in [3.8, 4) is 0 Å². The van der Waals surface area contributed by atoms with Crippen LogP contribution in [0.3, 0.4) is 0 Å². The first-order valence-corrected chi connectivity index (χ1v) is 15.2. The number of benzene rings is 3. The zero-order valence-corrected chi connectivity index (χ0v) is 25.2. The van der Waals surface area contributed by atoms with Gasteiger partial charge in [0.05, 0.1) is 10.6 Å². The second-order valence-electron chi connectivity index (χ2n) is 10.4. The van der Waals surface area contributed by atoms with Gasteiger partial charge < -0.3 is 10.2 Å². The van der Waals surface area contributed by atoms with Gasteiger partial charge in [-0.3, -0.25) is 13.9 Å². The minimum absolute atomic E-state index is 0.0528. The number of carbonyl (C=O) groups excluding carboxylic acids is 2. The highest BCUT2D eigenvalue weighted by molar-refractivity contribution is 7.92. The van der Waals surface area contributed by atoms with E-state index in [1.807, 2.05) is 77.9 Å². The van der Waals surface area contributed by atoms with E-state index in [-0.39, 0.29) is 23.4 Å². The molecule has 0 aliphatic rings. The molecule has 3 aromatic rings. The lowest BCUT2D eigenvalue weighted by Gasteiger charge is -2.34. The van der Waals surface area contributed by atoms with Crippen LogP contribution in [0.4, 0.5) is 5.69 Å². The Morgan fingerprint density at radius 3 is 1.95 bits per heavy atom. The first-order valence-electron chi connectivity index (χ1n) is 13.8. The van der Waals surface area contributed by atoms with Crippen LogP contribution in [0.25, 0.3) is 0 Å². The van der Waals surface area contributed by atoms with Crippen molar-refractivity contribution in [3.05, 3.63) is 95.1 Å². The fourth-order valence-electron chi connectivity index (χ4n) is 4.41. The Balaban J connectivity index is 2.06. The molecule has 0 aliphatic heterocycles. The third-order valence-corrected chi connectivity index (χ3v) is 8.99. The summed E-state index contributed by atoms with van der Waals surface area (Å²) in [4.78, 5) is 29.1. The van der Waals surface area contributed by atoms with Crippen molar-refractivity contribution in [1.82, 2.24) is 10.2 Å². The molecular formula is C32H41N3O4S. The molecule has 0 heterocycles. The Bertz CT molecular complexity index is 1400. The summed E-state index contributed by atoms with van der Waals surface area (Å²) < 4.78 is 29.0. The molecule has 40 heavy (non-hydrogen) atoms. The molecule has 0 fully saturated rings. The molecule has 7 nitrogen and oxygen atoms in total. The zero-order valence-electron chi connectivity index (χ0n) is 24.3. The van der Waals surface area contributed by atoms with Gasteiger partial charge in [0.15, 0.2) is 0 Å². The summed E-state index contributed by atoms with van der Waals surface area (Å²) in [7, 11) is -4.08. The normalized spacial score (nSPS) is 12.8. The van der Waals surface area contributed by atoms with Gasteiger partial charge in [-0.25, -0.2) is 8.42 Å². The van der Waals surface area contributed by atoms with Crippen LogP contribution in [0, 0.1) is 20.8 Å². The highest BCUT2D eigenvalue weighted by Gasteiger charge is 2.34. The first kappa shape index (κ1) is 30.9. The average Bonchev–Trinajstić information content (AvgIpc) is 2.93. The number of rotatable bonds is 12. The van der Waals surface area contributed by atoms with Gasteiger partial charge in [0.1, 0.15) is 12.6 Å². The second-order valence-corrected chi connectivity index (χ2v) is 12.2. The number of aryl methyl sites for hydroxylation is 3. The molecule has 0 spiro atoms. The molecule has 0 unspecified atom stereocenters. The molecule has 0 radical (unpaired) electrons. The van der Waals surface area contributed by atoms with Crippen LogP contribution in [0.15, 0.2) is 77.7 Å². The summed E-state index contributed by atoms with van der Waals surface area (Å²) >= 11 is 0. The summed E-state index contributed by atoms with van der Waals surface area (Å²) in [6.45, 7) is 11.3. The van der Waals surface area contributed by atoms with Crippen LogP contribution in [-0.2, 0) is 26.2 Å². The Morgan fingerprint density at radius 2 is 1.40 bits per heavy atom. The first-order chi connectivity index (χ1) is 19.0. The molecule has 2 atom stereocenters. The van der Waals surface area contributed by atoms with E-state index in [2.05, 4.69) is 5.32 Å². The van der Waals surface area contributed by atoms with Gasteiger partial charge in [0, 0.05) is 12.6 Å². The van der Waals surface area contributed by atoms with Crippen molar-refractivity contribution < 1.29 is 18.0 Å². The summed E-state index contributed by atoms with van der Waals surface area (Å²) in [6.07, 6.45) is 1.14. The third kappa shape index (κ3) is 7.50. The van der Waals surface area contributed by atoms with Crippen molar-refractivity contribution >= 4 is 27.5 Å². The maximum absolute atomic E-state index is 14.1. The molecular weight excluding hydrogens is 522 g/mol. The van der Waals surface area contributed by atoms with E-state index in [4.69, 9.17) is 0 Å². The minimum Gasteiger partial charge on any atom is -0.352 e. The summed E-state index contributed by atoms with van der Waals surface area (Å²) in [6, 6.07) is 20.5. The van der Waals surface area contributed by atoms with E-state index >= 15 is 0 Å². The number of nitrogens with one attached hydrogen (secondary N) is 1. The van der Waals surface area contributed by atoms with Crippen LogP contribution in [0.2, 0.25) is 0 Å². The van der Waals surface area contributed by atoms with Crippen molar-refractivity contribution in [2.75, 3.05) is 10.8 Å². The van der Waals surface area contributed by atoms with Crippen molar-refractivity contribution in [2.24, 2.45) is 0 Å². The monoisotopic (exact) mass is 563 g/mol. The third-order valence-electron chi connectivity index (χ3n) is 7.20. The van der Waals surface area contributed by atoms with Crippen molar-refractivity contribution in [2.45, 2.75) is 77.9 Å². The van der Waals surface area contributed by atoms with Crippen LogP contribution in [0.1, 0.15) is 55.9 Å². The Hall–Kier alpha value is -3.65. The fraction of sp³-hybridized carbons (Fsp3) is 0.375. The quantitative estimate of drug-likeness (QED) is 0.314. The maximum Gasteiger partial charge on any atom is 0.264 e. The van der Waals surface area contributed by atoms with Crippen molar-refractivity contribution in [1.29, 1.82) is 0 Å². The Morgan fingerprint density at radius 1 is 0.825 bits per heavy atom. The highest BCUT2D eigenvalue weighted by Crippen LogP contribution is 2.26. The van der Waals surface area contributed by atoms with Gasteiger partial charge in [-0.1, -0.05) is 73.5 Å². The molecule has 3 rings (SSSR count). The maximum atomic E-state index is 14.1. The molecule has 0 saturated heterocycles. The van der Waals surface area contributed by atoms with Crippen LogP contribution < -0.4 is 9.62 Å². The highest BCUT2D eigenvalue weighted by atomic mass is 32.2. The summed E-state index contributed by atoms with van der Waals surface area (Å²) in [5, 5.41) is 3.00. The number of hydrogen-bond donors (Lipinski definition) is 1. The Labute approximate surface area is 239 Å². The number of carbonyl (C=O) groups is 2. The minimum atomic E-state index is -4.08. The largest absolute Gasteiger partial charge is 0.352 e.